The van der Waals surface area contributed by atoms with Crippen LogP contribution in [0.25, 0.3) is 0 Å². The monoisotopic (exact) mass is 692 g/mol. The maximum Gasteiger partial charge on any atom is 0.334 e. The Bertz CT molecular complexity index is 1510. The SMILES string of the molecule is C=C1CCCC2=[NH+]C[C@H](C)[C@@H](C)C[C@@]23CCC(C2C=C(C)C(=O)O2)=C(C)[C@@H]3/C=C(\C)[C@@H](O)C[C@H]2CC[C@@]3(CC[C@@]4(O[C@@H](CC[C@@]4(C)O)C1)O3)O2. The first-order chi connectivity index (χ1) is 23.6. The van der Waals surface area contributed by atoms with Crippen LogP contribution in [0.5, 0.6) is 0 Å². The summed E-state index contributed by atoms with van der Waals surface area (Å²) in [5, 5.41) is 23.4. The minimum Gasteiger partial charge on any atom is -0.450 e. The number of allylic oxidation sites excluding steroid dienone is 2. The lowest BCUT2D eigenvalue weighted by Crippen LogP contribution is -2.77. The standard InChI is InChI=1S/C42H61NO7/c1-25-9-8-10-37-40(23-28(4)29(5)24-43-37)15-13-33(36-21-27(3)38(45)47-36)30(6)34(40)20-26(2)35(44)22-32-12-16-41(48-32)17-18-42(50-41)39(7,46)14-11-31(19-25)49-42/h20-21,28-29,31-32,34-36,44,46H,1,8-19,22-24H2,2-7H3/p+1/b26-20+/t28-,29-,31-,32+,34-,35-,36?,39+,40+,41+,42+/m0/s1. The number of cyclic esters (lactones) is 1. The van der Waals surface area contributed by atoms with E-state index >= 15 is 0 Å². The zero-order chi connectivity index (χ0) is 35.6. The zero-order valence-electron chi connectivity index (χ0n) is 31.4. The Balaban J connectivity index is 1.27. The quantitative estimate of drug-likeness (QED) is 0.232. The number of carbonyl (C=O) groups excluding carboxylic acids is 1. The second-order valence-electron chi connectivity index (χ2n) is 17.6. The normalized spacial score (nSPS) is 47.0. The van der Waals surface area contributed by atoms with Gasteiger partial charge in [-0.15, -0.1) is 0 Å². The van der Waals surface area contributed by atoms with Crippen LogP contribution in [-0.4, -0.2) is 70.0 Å². The van der Waals surface area contributed by atoms with Crippen molar-refractivity contribution in [2.75, 3.05) is 6.54 Å². The van der Waals surface area contributed by atoms with E-state index in [9.17, 15) is 15.0 Å². The molecule has 3 saturated heterocycles. The van der Waals surface area contributed by atoms with Crippen molar-refractivity contribution in [2.45, 2.75) is 173 Å². The molecular weight excluding hydrogens is 630 g/mol. The van der Waals surface area contributed by atoms with Gasteiger partial charge in [0.25, 0.3) is 0 Å². The van der Waals surface area contributed by atoms with Gasteiger partial charge >= 0.3 is 5.97 Å². The Morgan fingerprint density at radius 2 is 1.72 bits per heavy atom. The van der Waals surface area contributed by atoms with Gasteiger partial charge < -0.3 is 29.2 Å². The van der Waals surface area contributed by atoms with Crippen molar-refractivity contribution >= 4 is 11.7 Å². The van der Waals surface area contributed by atoms with E-state index in [1.165, 1.54) is 22.4 Å². The molecule has 0 amide bonds. The molecule has 7 rings (SSSR count). The molecule has 6 heterocycles. The molecule has 6 aliphatic heterocycles. The van der Waals surface area contributed by atoms with Gasteiger partial charge in [-0.25, -0.2) is 9.79 Å². The van der Waals surface area contributed by atoms with Gasteiger partial charge in [-0.2, -0.15) is 0 Å². The van der Waals surface area contributed by atoms with Crippen molar-refractivity contribution in [3.8, 4) is 0 Å². The molecule has 0 aromatic carbocycles. The van der Waals surface area contributed by atoms with Gasteiger partial charge in [0.2, 0.25) is 5.79 Å². The van der Waals surface area contributed by atoms with E-state index in [0.717, 1.165) is 76.3 Å². The fraction of sp³-hybridized carbons (Fsp3) is 0.762. The Labute approximate surface area is 299 Å². The molecule has 3 spiro atoms. The van der Waals surface area contributed by atoms with Crippen LogP contribution in [0.15, 0.2) is 46.6 Å². The average Bonchev–Trinajstić information content (AvgIpc) is 3.71. The lowest BCUT2D eigenvalue weighted by molar-refractivity contribution is -0.470. The summed E-state index contributed by atoms with van der Waals surface area (Å²) in [5.41, 5.74) is 5.47. The molecule has 50 heavy (non-hydrogen) atoms. The highest BCUT2D eigenvalue weighted by molar-refractivity contribution is 5.91. The molecule has 0 aromatic rings. The van der Waals surface area contributed by atoms with Crippen molar-refractivity contribution in [2.24, 2.45) is 23.2 Å². The smallest absolute Gasteiger partial charge is 0.334 e. The van der Waals surface area contributed by atoms with Crippen LogP contribution in [0.2, 0.25) is 0 Å². The fourth-order valence-electron chi connectivity index (χ4n) is 10.6. The first-order valence-electron chi connectivity index (χ1n) is 19.7. The first-order valence-corrected chi connectivity index (χ1v) is 19.7. The number of rotatable bonds is 1. The number of aliphatic hydroxyl groups excluding tert-OH is 1. The zero-order valence-corrected chi connectivity index (χ0v) is 31.4. The maximum absolute atomic E-state index is 12.5. The summed E-state index contributed by atoms with van der Waals surface area (Å²) in [5.74, 6) is -1.02. The third kappa shape index (κ3) is 6.44. The van der Waals surface area contributed by atoms with E-state index < -0.39 is 23.3 Å². The fourth-order valence-corrected chi connectivity index (χ4v) is 10.6. The number of nitrogens with one attached hydrogen (secondary N) is 1. The predicted molar refractivity (Wildman–Crippen MR) is 192 cm³/mol. The van der Waals surface area contributed by atoms with Gasteiger partial charge in [0, 0.05) is 49.5 Å². The van der Waals surface area contributed by atoms with Crippen LogP contribution in [0, 0.1) is 23.2 Å². The molecule has 0 aromatic heterocycles. The van der Waals surface area contributed by atoms with E-state index in [-0.39, 0.29) is 35.6 Å². The number of ether oxygens (including phenoxy) is 4. The molecule has 1 unspecified atom stereocenters. The highest BCUT2D eigenvalue weighted by Gasteiger charge is 2.64. The van der Waals surface area contributed by atoms with Gasteiger partial charge in [0.05, 0.1) is 23.7 Å². The molecule has 8 heteroatoms. The highest BCUT2D eigenvalue weighted by atomic mass is 16.8. The lowest BCUT2D eigenvalue weighted by atomic mass is 9.56. The minimum atomic E-state index is -1.11. The number of aliphatic hydroxyl groups is 2. The Morgan fingerprint density at radius 3 is 2.48 bits per heavy atom. The highest BCUT2D eigenvalue weighted by Crippen LogP contribution is 2.56. The van der Waals surface area contributed by atoms with Crippen molar-refractivity contribution < 1.29 is 38.9 Å². The first kappa shape index (κ1) is 36.3. The molecular formula is C42H62NO7+. The molecule has 11 atom stereocenters. The second-order valence-corrected chi connectivity index (χ2v) is 17.6. The van der Waals surface area contributed by atoms with E-state index in [1.54, 1.807) is 0 Å². The van der Waals surface area contributed by atoms with Crippen molar-refractivity contribution in [1.29, 1.82) is 0 Å². The van der Waals surface area contributed by atoms with Gasteiger partial charge in [-0.1, -0.05) is 37.6 Å². The van der Waals surface area contributed by atoms with Gasteiger partial charge in [-0.05, 0) is 109 Å². The largest absolute Gasteiger partial charge is 0.450 e. The van der Waals surface area contributed by atoms with Crippen LogP contribution in [0.4, 0.5) is 0 Å². The predicted octanol–water partition coefficient (Wildman–Crippen LogP) is 5.91. The molecule has 1 aliphatic carbocycles. The van der Waals surface area contributed by atoms with Crippen LogP contribution in [-0.2, 0) is 23.7 Å². The van der Waals surface area contributed by atoms with Crippen LogP contribution < -0.4 is 4.99 Å². The van der Waals surface area contributed by atoms with Gasteiger partial charge in [-0.3, -0.25) is 0 Å². The summed E-state index contributed by atoms with van der Waals surface area (Å²) in [7, 11) is 0. The van der Waals surface area contributed by atoms with E-state index in [0.29, 0.717) is 43.1 Å². The topological polar surface area (TPSA) is 108 Å². The van der Waals surface area contributed by atoms with E-state index in [4.69, 9.17) is 18.9 Å². The third-order valence-corrected chi connectivity index (χ3v) is 14.1. The Kier molecular flexibility index (Phi) is 9.71. The summed E-state index contributed by atoms with van der Waals surface area (Å²) in [4.78, 5) is 16.5. The van der Waals surface area contributed by atoms with Crippen LogP contribution in [0.3, 0.4) is 0 Å². The molecule has 8 nitrogen and oxygen atoms in total. The molecule has 276 valence electrons. The maximum atomic E-state index is 12.5. The molecule has 3 N–H and O–H groups in total. The molecule has 3 fully saturated rings. The number of hydrogen-bond acceptors (Lipinski definition) is 7. The van der Waals surface area contributed by atoms with Crippen molar-refractivity contribution in [1.82, 2.24) is 0 Å². The third-order valence-electron chi connectivity index (χ3n) is 14.1. The second kappa shape index (κ2) is 13.4. The van der Waals surface area contributed by atoms with Gasteiger partial charge in [0.1, 0.15) is 18.2 Å². The molecule has 0 radical (unpaired) electrons. The van der Waals surface area contributed by atoms with Crippen molar-refractivity contribution in [3.05, 3.63) is 46.6 Å². The van der Waals surface area contributed by atoms with Crippen LogP contribution >= 0.6 is 0 Å². The Morgan fingerprint density at radius 1 is 0.940 bits per heavy atom. The summed E-state index contributed by atoms with van der Waals surface area (Å²) >= 11 is 0. The lowest BCUT2D eigenvalue weighted by Gasteiger charge is -2.49. The summed E-state index contributed by atoms with van der Waals surface area (Å²) < 4.78 is 26.1. The summed E-state index contributed by atoms with van der Waals surface area (Å²) in [6.07, 6.45) is 14.3. The summed E-state index contributed by atoms with van der Waals surface area (Å²) in [6, 6.07) is 0. The number of carbonyl (C=O) groups is 1. The molecule has 0 saturated carbocycles. The summed E-state index contributed by atoms with van der Waals surface area (Å²) in [6.45, 7) is 18.2. The number of esters is 1. The van der Waals surface area contributed by atoms with Gasteiger partial charge in [0.15, 0.2) is 11.5 Å². The number of fused-ring (bicyclic) bond motifs is 2. The molecule has 4 bridgehead atoms. The number of hydrogen-bond donors (Lipinski definition) is 3. The van der Waals surface area contributed by atoms with E-state index in [1.807, 2.05) is 19.9 Å². The molecule has 7 aliphatic rings. The van der Waals surface area contributed by atoms with Crippen LogP contribution in [0.1, 0.15) is 131 Å². The average molecular weight is 693 g/mol. The van der Waals surface area contributed by atoms with Crippen molar-refractivity contribution in [3.63, 3.8) is 0 Å². The van der Waals surface area contributed by atoms with E-state index in [2.05, 4.69) is 45.3 Å². The minimum absolute atomic E-state index is 0.0539. The Hall–Kier alpha value is -2.10.